The summed E-state index contributed by atoms with van der Waals surface area (Å²) in [6, 6.07) is 4.77. The molecule has 0 saturated heterocycles. The Hall–Kier alpha value is -1.81. The zero-order valence-electron chi connectivity index (χ0n) is 11.8. The van der Waals surface area contributed by atoms with Crippen molar-refractivity contribution in [1.29, 1.82) is 5.26 Å². The monoisotopic (exact) mass is 355 g/mol. The highest BCUT2D eigenvalue weighted by Crippen LogP contribution is 2.28. The number of amides is 1. The third kappa shape index (κ3) is 3.33. The van der Waals surface area contributed by atoms with Gasteiger partial charge in [-0.05, 0) is 23.7 Å². The van der Waals surface area contributed by atoms with Crippen LogP contribution in [0.15, 0.2) is 17.5 Å². The molecule has 0 spiro atoms. The van der Waals surface area contributed by atoms with Crippen LogP contribution in [0.4, 0.5) is 0 Å². The third-order valence-corrected chi connectivity index (χ3v) is 4.20. The van der Waals surface area contributed by atoms with Gasteiger partial charge in [0.1, 0.15) is 0 Å². The Bertz CT molecular complexity index is 732. The maximum atomic E-state index is 12.5. The molecule has 0 aliphatic carbocycles. The molecule has 22 heavy (non-hydrogen) atoms. The first kappa shape index (κ1) is 16.6. The van der Waals surface area contributed by atoms with Crippen LogP contribution in [0.3, 0.4) is 0 Å². The molecule has 0 radical (unpaired) electrons. The van der Waals surface area contributed by atoms with E-state index in [2.05, 4.69) is 4.37 Å². The van der Waals surface area contributed by atoms with Gasteiger partial charge >= 0.3 is 0 Å². The van der Waals surface area contributed by atoms with Gasteiger partial charge in [-0.15, -0.1) is 0 Å². The fourth-order valence-corrected chi connectivity index (χ4v) is 3.17. The minimum atomic E-state index is -0.340. The van der Waals surface area contributed by atoms with Crippen molar-refractivity contribution in [1.82, 2.24) is 9.27 Å². The average molecular weight is 356 g/mol. The lowest BCUT2D eigenvalue weighted by Gasteiger charge is -2.18. The Morgan fingerprint density at radius 3 is 2.64 bits per heavy atom. The molecule has 2 rings (SSSR count). The minimum absolute atomic E-state index is 0.149. The summed E-state index contributed by atoms with van der Waals surface area (Å²) < 4.78 is 9.19. The van der Waals surface area contributed by atoms with Gasteiger partial charge in [-0.25, -0.2) is 0 Å². The Kier molecular flexibility index (Phi) is 5.24. The first-order chi connectivity index (χ1) is 10.5. The second kappa shape index (κ2) is 6.97. The second-order valence-corrected chi connectivity index (χ2v) is 5.88. The summed E-state index contributed by atoms with van der Waals surface area (Å²) in [6.45, 7) is 0.311. The molecule has 0 unspecified atom stereocenters. The third-order valence-electron chi connectivity index (χ3n) is 2.94. The predicted molar refractivity (Wildman–Crippen MR) is 85.6 cm³/mol. The molecule has 2 aromatic rings. The molecule has 0 aliphatic heterocycles. The summed E-state index contributed by atoms with van der Waals surface area (Å²) in [7, 11) is 3.15. The fourth-order valence-electron chi connectivity index (χ4n) is 1.88. The summed E-state index contributed by atoms with van der Waals surface area (Å²) >= 11 is 13.4. The first-order valence-corrected chi connectivity index (χ1v) is 7.69. The van der Waals surface area contributed by atoms with E-state index in [0.29, 0.717) is 18.0 Å². The van der Waals surface area contributed by atoms with E-state index < -0.39 is 0 Å². The summed E-state index contributed by atoms with van der Waals surface area (Å²) in [4.78, 5) is 14.0. The van der Waals surface area contributed by atoms with Gasteiger partial charge < -0.3 is 9.64 Å². The van der Waals surface area contributed by atoms with Crippen molar-refractivity contribution in [2.75, 3.05) is 14.2 Å². The van der Waals surface area contributed by atoms with E-state index >= 15 is 0 Å². The van der Waals surface area contributed by atoms with Gasteiger partial charge in [-0.1, -0.05) is 23.2 Å². The molecule has 1 aromatic carbocycles. The highest BCUT2D eigenvalue weighted by Gasteiger charge is 2.21. The van der Waals surface area contributed by atoms with Gasteiger partial charge in [-0.2, -0.15) is 9.64 Å². The molecule has 5 nitrogen and oxygen atoms in total. The van der Waals surface area contributed by atoms with Crippen molar-refractivity contribution < 1.29 is 9.53 Å². The maximum Gasteiger partial charge on any atom is 0.256 e. The van der Waals surface area contributed by atoms with Crippen molar-refractivity contribution in [2.24, 2.45) is 0 Å². The number of ether oxygens (including phenoxy) is 1. The van der Waals surface area contributed by atoms with Gasteiger partial charge in [0.05, 0.1) is 40.9 Å². The normalized spacial score (nSPS) is 10.1. The number of hydrogen-bond donors (Lipinski definition) is 0. The minimum Gasteiger partial charge on any atom is -0.480 e. The maximum absolute atomic E-state index is 12.5. The molecule has 1 heterocycles. The number of methoxy groups -OCH3 is 1. The Labute approximate surface area is 141 Å². The number of carbonyl (C=O) groups is 1. The topological polar surface area (TPSA) is 66.2 Å². The van der Waals surface area contributed by atoms with E-state index in [1.165, 1.54) is 35.7 Å². The van der Waals surface area contributed by atoms with E-state index in [1.807, 2.05) is 11.4 Å². The SMILES string of the molecule is COc1nscc1CN(C)C(=O)c1c(Cl)cc(C#N)cc1Cl. The Morgan fingerprint density at radius 1 is 1.45 bits per heavy atom. The van der Waals surface area contributed by atoms with E-state index in [4.69, 9.17) is 33.2 Å². The molecule has 0 atom stereocenters. The van der Waals surface area contributed by atoms with Crippen LogP contribution in [0, 0.1) is 11.3 Å². The van der Waals surface area contributed by atoms with Crippen molar-refractivity contribution in [3.8, 4) is 11.9 Å². The number of hydrogen-bond acceptors (Lipinski definition) is 5. The smallest absolute Gasteiger partial charge is 0.256 e. The second-order valence-electron chi connectivity index (χ2n) is 4.44. The zero-order valence-corrected chi connectivity index (χ0v) is 14.1. The number of carbonyl (C=O) groups excluding carboxylic acids is 1. The molecule has 0 bridgehead atoms. The number of rotatable bonds is 4. The molecule has 8 heteroatoms. The van der Waals surface area contributed by atoms with Crippen molar-refractivity contribution in [3.63, 3.8) is 0 Å². The predicted octanol–water partition coefficient (Wildman–Crippen LogP) is 3.60. The van der Waals surface area contributed by atoms with Crippen LogP contribution in [-0.4, -0.2) is 29.3 Å². The van der Waals surface area contributed by atoms with Gasteiger partial charge in [0.25, 0.3) is 5.91 Å². The Balaban J connectivity index is 2.27. The number of aromatic nitrogens is 1. The molecule has 0 saturated carbocycles. The Morgan fingerprint density at radius 2 is 2.09 bits per heavy atom. The van der Waals surface area contributed by atoms with E-state index in [1.54, 1.807) is 7.05 Å². The van der Waals surface area contributed by atoms with Gasteiger partial charge in [-0.3, -0.25) is 4.79 Å². The van der Waals surface area contributed by atoms with Crippen LogP contribution in [-0.2, 0) is 6.54 Å². The number of benzene rings is 1. The van der Waals surface area contributed by atoms with Gasteiger partial charge in [0, 0.05) is 18.0 Å². The van der Waals surface area contributed by atoms with Crippen molar-refractivity contribution in [3.05, 3.63) is 44.2 Å². The highest BCUT2D eigenvalue weighted by atomic mass is 35.5. The quantitative estimate of drug-likeness (QED) is 0.840. The van der Waals surface area contributed by atoms with E-state index in [9.17, 15) is 4.79 Å². The highest BCUT2D eigenvalue weighted by molar-refractivity contribution is 7.03. The summed E-state index contributed by atoms with van der Waals surface area (Å²) in [5, 5.41) is 11.0. The number of nitrogens with zero attached hydrogens (tertiary/aromatic N) is 3. The van der Waals surface area contributed by atoms with Gasteiger partial charge in [0.15, 0.2) is 0 Å². The van der Waals surface area contributed by atoms with Crippen molar-refractivity contribution in [2.45, 2.75) is 6.54 Å². The van der Waals surface area contributed by atoms with Crippen LogP contribution < -0.4 is 4.74 Å². The number of halogens is 2. The number of nitriles is 1. The molecule has 1 amide bonds. The van der Waals surface area contributed by atoms with Crippen LogP contribution in [0.2, 0.25) is 10.0 Å². The lowest BCUT2D eigenvalue weighted by Crippen LogP contribution is -2.26. The first-order valence-electron chi connectivity index (χ1n) is 6.09. The molecular weight excluding hydrogens is 345 g/mol. The van der Waals surface area contributed by atoms with Crippen LogP contribution >= 0.6 is 34.7 Å². The van der Waals surface area contributed by atoms with Crippen LogP contribution in [0.5, 0.6) is 5.88 Å². The zero-order chi connectivity index (χ0) is 16.3. The summed E-state index contributed by atoms with van der Waals surface area (Å²) in [5.74, 6) is 0.148. The van der Waals surface area contributed by atoms with Crippen molar-refractivity contribution >= 4 is 40.6 Å². The standard InChI is InChI=1S/C14H11Cl2N3O2S/c1-19(6-9-7-22-18-13(9)21-2)14(20)12-10(15)3-8(5-17)4-11(12)16/h3-4,7H,6H2,1-2H3. The lowest BCUT2D eigenvalue weighted by atomic mass is 10.1. The molecule has 0 N–H and O–H groups in total. The molecule has 0 aliphatic rings. The lowest BCUT2D eigenvalue weighted by molar-refractivity contribution is 0.0784. The largest absolute Gasteiger partial charge is 0.480 e. The van der Waals surface area contributed by atoms with E-state index in [0.717, 1.165) is 5.56 Å². The average Bonchev–Trinajstić information content (AvgIpc) is 2.93. The molecular formula is C14H11Cl2N3O2S. The molecule has 0 fully saturated rings. The molecule has 1 aromatic heterocycles. The summed E-state index contributed by atoms with van der Waals surface area (Å²) in [6.07, 6.45) is 0. The van der Waals surface area contributed by atoms with Crippen LogP contribution in [0.1, 0.15) is 21.5 Å². The summed E-state index contributed by atoms with van der Waals surface area (Å²) in [5.41, 5.74) is 1.27. The fraction of sp³-hybridized carbons (Fsp3) is 0.214. The molecule has 114 valence electrons. The van der Waals surface area contributed by atoms with Crippen LogP contribution in [0.25, 0.3) is 0 Å². The van der Waals surface area contributed by atoms with Gasteiger partial charge in [0.2, 0.25) is 5.88 Å². The van der Waals surface area contributed by atoms with E-state index in [-0.39, 0.29) is 21.5 Å².